The summed E-state index contributed by atoms with van der Waals surface area (Å²) in [4.78, 5) is 10.5. The van der Waals surface area contributed by atoms with Gasteiger partial charge < -0.3 is 9.32 Å². The predicted molar refractivity (Wildman–Crippen MR) is 62.4 cm³/mol. The number of anilines is 1. The third-order valence-corrected chi connectivity index (χ3v) is 2.49. The van der Waals surface area contributed by atoms with E-state index in [2.05, 4.69) is 9.97 Å². The maximum atomic E-state index is 5.65. The normalized spacial score (nSPS) is 10.4. The smallest absolute Gasteiger partial charge is 0.147 e. The highest BCUT2D eigenvalue weighted by molar-refractivity contribution is 6.16. The van der Waals surface area contributed by atoms with Gasteiger partial charge >= 0.3 is 0 Å². The summed E-state index contributed by atoms with van der Waals surface area (Å²) >= 11 is 5.65. The molecule has 0 fully saturated rings. The average Bonchev–Trinajstić information content (AvgIpc) is 2.82. The Bertz CT molecular complexity index is 427. The van der Waals surface area contributed by atoms with Gasteiger partial charge in [-0.15, -0.1) is 11.6 Å². The Morgan fingerprint density at radius 2 is 2.25 bits per heavy atom. The fraction of sp³-hybridized carbons (Fsp3) is 0.273. The minimum atomic E-state index is 0.388. The molecule has 0 amide bonds. The standard InChI is InChI=1S/C11H12ClN3O/c1-15(7-9-2-3-16-8-9)11-6-13-10(4-12)5-14-11/h2-3,5-6,8H,4,7H2,1H3. The molecule has 84 valence electrons. The Kier molecular flexibility index (Phi) is 3.41. The van der Waals surface area contributed by atoms with Crippen LogP contribution in [0.3, 0.4) is 0 Å². The molecule has 0 N–H and O–H groups in total. The summed E-state index contributed by atoms with van der Waals surface area (Å²) in [6, 6.07) is 1.93. The van der Waals surface area contributed by atoms with Crippen molar-refractivity contribution in [2.24, 2.45) is 0 Å². The van der Waals surface area contributed by atoms with Gasteiger partial charge in [0, 0.05) is 19.2 Å². The molecule has 0 spiro atoms. The highest BCUT2D eigenvalue weighted by atomic mass is 35.5. The van der Waals surface area contributed by atoms with Crippen LogP contribution in [0.15, 0.2) is 35.4 Å². The van der Waals surface area contributed by atoms with Crippen molar-refractivity contribution in [3.8, 4) is 0 Å². The fourth-order valence-electron chi connectivity index (χ4n) is 1.35. The number of aromatic nitrogens is 2. The van der Waals surface area contributed by atoms with Gasteiger partial charge in [0.1, 0.15) is 5.82 Å². The van der Waals surface area contributed by atoms with E-state index in [0.717, 1.165) is 23.6 Å². The molecule has 5 heteroatoms. The molecule has 2 heterocycles. The van der Waals surface area contributed by atoms with Crippen molar-refractivity contribution in [3.63, 3.8) is 0 Å². The number of hydrogen-bond acceptors (Lipinski definition) is 4. The van der Waals surface area contributed by atoms with E-state index in [9.17, 15) is 0 Å². The van der Waals surface area contributed by atoms with Crippen molar-refractivity contribution < 1.29 is 4.42 Å². The number of nitrogens with zero attached hydrogens (tertiary/aromatic N) is 3. The second-order valence-electron chi connectivity index (χ2n) is 3.49. The van der Waals surface area contributed by atoms with Crippen LogP contribution in [0.4, 0.5) is 5.82 Å². The lowest BCUT2D eigenvalue weighted by atomic mass is 10.3. The molecule has 0 saturated heterocycles. The van der Waals surface area contributed by atoms with Crippen molar-refractivity contribution in [2.75, 3.05) is 11.9 Å². The maximum Gasteiger partial charge on any atom is 0.147 e. The quantitative estimate of drug-likeness (QED) is 0.766. The highest BCUT2D eigenvalue weighted by Crippen LogP contribution is 2.12. The first-order valence-electron chi connectivity index (χ1n) is 4.88. The Labute approximate surface area is 98.9 Å². The van der Waals surface area contributed by atoms with Crippen LogP contribution in [0, 0.1) is 0 Å². The number of furan rings is 1. The van der Waals surface area contributed by atoms with E-state index in [4.69, 9.17) is 16.0 Å². The van der Waals surface area contributed by atoms with Crippen molar-refractivity contribution >= 4 is 17.4 Å². The Morgan fingerprint density at radius 1 is 1.38 bits per heavy atom. The van der Waals surface area contributed by atoms with Gasteiger partial charge in [0.15, 0.2) is 0 Å². The van der Waals surface area contributed by atoms with Crippen LogP contribution in [0.5, 0.6) is 0 Å². The van der Waals surface area contributed by atoms with Gasteiger partial charge in [-0.2, -0.15) is 0 Å². The van der Waals surface area contributed by atoms with Gasteiger partial charge in [0.2, 0.25) is 0 Å². The average molecular weight is 238 g/mol. The van der Waals surface area contributed by atoms with Crippen LogP contribution in [-0.2, 0) is 12.4 Å². The molecule has 4 nitrogen and oxygen atoms in total. The number of halogens is 1. The molecular formula is C11H12ClN3O. The summed E-state index contributed by atoms with van der Waals surface area (Å²) in [7, 11) is 1.96. The van der Waals surface area contributed by atoms with Crippen molar-refractivity contribution in [3.05, 3.63) is 42.2 Å². The molecule has 0 aliphatic heterocycles. The number of rotatable bonds is 4. The lowest BCUT2D eigenvalue weighted by Crippen LogP contribution is -2.17. The van der Waals surface area contributed by atoms with Crippen LogP contribution in [0.2, 0.25) is 0 Å². The monoisotopic (exact) mass is 237 g/mol. The van der Waals surface area contributed by atoms with E-state index in [0.29, 0.717) is 5.88 Å². The molecule has 0 atom stereocenters. The zero-order chi connectivity index (χ0) is 11.4. The minimum Gasteiger partial charge on any atom is -0.472 e. The molecule has 0 aliphatic carbocycles. The third-order valence-electron chi connectivity index (χ3n) is 2.22. The van der Waals surface area contributed by atoms with E-state index < -0.39 is 0 Å². The van der Waals surface area contributed by atoms with Crippen molar-refractivity contribution in [2.45, 2.75) is 12.4 Å². The lowest BCUT2D eigenvalue weighted by molar-refractivity contribution is 0.563. The largest absolute Gasteiger partial charge is 0.472 e. The van der Waals surface area contributed by atoms with Gasteiger partial charge in [-0.3, -0.25) is 4.98 Å². The SMILES string of the molecule is CN(Cc1ccoc1)c1cnc(CCl)cn1. The molecule has 0 bridgehead atoms. The summed E-state index contributed by atoms with van der Waals surface area (Å²) in [5.74, 6) is 1.20. The van der Waals surface area contributed by atoms with E-state index >= 15 is 0 Å². The number of alkyl halides is 1. The van der Waals surface area contributed by atoms with Crippen molar-refractivity contribution in [1.29, 1.82) is 0 Å². The van der Waals surface area contributed by atoms with Crippen LogP contribution in [-0.4, -0.2) is 17.0 Å². The first-order valence-corrected chi connectivity index (χ1v) is 5.42. The zero-order valence-corrected chi connectivity index (χ0v) is 9.68. The van der Waals surface area contributed by atoms with Crippen molar-refractivity contribution in [1.82, 2.24) is 9.97 Å². The van der Waals surface area contributed by atoms with E-state index in [1.807, 2.05) is 18.0 Å². The summed E-state index contributed by atoms with van der Waals surface area (Å²) in [5, 5.41) is 0. The molecule has 0 saturated carbocycles. The van der Waals surface area contributed by atoms with Crippen LogP contribution >= 0.6 is 11.6 Å². The van der Waals surface area contributed by atoms with Gasteiger partial charge in [-0.25, -0.2) is 4.98 Å². The molecule has 0 radical (unpaired) electrons. The summed E-state index contributed by atoms with van der Waals surface area (Å²) in [5.41, 5.74) is 1.88. The molecule has 0 unspecified atom stereocenters. The highest BCUT2D eigenvalue weighted by Gasteiger charge is 2.04. The molecule has 16 heavy (non-hydrogen) atoms. The first kappa shape index (κ1) is 11.0. The summed E-state index contributed by atoms with van der Waals surface area (Å²) in [6.07, 6.45) is 6.79. The molecule has 0 aromatic carbocycles. The van der Waals surface area contributed by atoms with E-state index in [1.54, 1.807) is 24.9 Å². The molecule has 2 aromatic heterocycles. The van der Waals surface area contributed by atoms with Gasteiger partial charge in [-0.05, 0) is 6.07 Å². The van der Waals surface area contributed by atoms with Gasteiger partial charge in [-0.1, -0.05) is 0 Å². The maximum absolute atomic E-state index is 5.65. The third kappa shape index (κ3) is 2.52. The fourth-order valence-corrected chi connectivity index (χ4v) is 1.49. The molecule has 2 aromatic rings. The van der Waals surface area contributed by atoms with E-state index in [-0.39, 0.29) is 0 Å². The first-order chi connectivity index (χ1) is 7.79. The molecular weight excluding hydrogens is 226 g/mol. The Hall–Kier alpha value is -1.55. The van der Waals surface area contributed by atoms with Crippen LogP contribution < -0.4 is 4.90 Å². The zero-order valence-electron chi connectivity index (χ0n) is 8.93. The van der Waals surface area contributed by atoms with Gasteiger partial charge in [0.25, 0.3) is 0 Å². The predicted octanol–water partition coefficient (Wildman–Crippen LogP) is 2.44. The molecule has 2 rings (SSSR count). The Morgan fingerprint density at radius 3 is 2.81 bits per heavy atom. The van der Waals surface area contributed by atoms with Gasteiger partial charge in [0.05, 0.1) is 36.5 Å². The van der Waals surface area contributed by atoms with Crippen LogP contribution in [0.25, 0.3) is 0 Å². The second-order valence-corrected chi connectivity index (χ2v) is 3.75. The lowest BCUT2D eigenvalue weighted by Gasteiger charge is -2.16. The number of hydrogen-bond donors (Lipinski definition) is 0. The molecule has 0 aliphatic rings. The van der Waals surface area contributed by atoms with E-state index in [1.165, 1.54) is 0 Å². The minimum absolute atomic E-state index is 0.388. The topological polar surface area (TPSA) is 42.2 Å². The van der Waals surface area contributed by atoms with Crippen LogP contribution in [0.1, 0.15) is 11.3 Å². The summed E-state index contributed by atoms with van der Waals surface area (Å²) < 4.78 is 5.01. The summed E-state index contributed by atoms with van der Waals surface area (Å²) in [6.45, 7) is 0.741. The second kappa shape index (κ2) is 4.99. The Balaban J connectivity index is 2.05.